The van der Waals surface area contributed by atoms with Gasteiger partial charge in [0.1, 0.15) is 0 Å². The van der Waals surface area contributed by atoms with Crippen LogP contribution in [0.15, 0.2) is 24.3 Å². The number of hydrogen-bond donors (Lipinski definition) is 3. The van der Waals surface area contributed by atoms with Crippen molar-refractivity contribution in [3.8, 4) is 0 Å². The van der Waals surface area contributed by atoms with Crippen molar-refractivity contribution in [3.05, 3.63) is 24.3 Å². The van der Waals surface area contributed by atoms with E-state index in [4.69, 9.17) is 12.2 Å². The van der Waals surface area contributed by atoms with E-state index in [9.17, 15) is 9.59 Å². The molecule has 0 fully saturated rings. The Balaban J connectivity index is 2.61. The summed E-state index contributed by atoms with van der Waals surface area (Å²) in [6, 6.07) is 7.18. The summed E-state index contributed by atoms with van der Waals surface area (Å²) in [4.78, 5) is 23.3. The van der Waals surface area contributed by atoms with Crippen LogP contribution in [-0.4, -0.2) is 16.9 Å². The fourth-order valence-electron chi connectivity index (χ4n) is 1.67. The van der Waals surface area contributed by atoms with Gasteiger partial charge in [0.25, 0.3) is 0 Å². The highest BCUT2D eigenvalue weighted by atomic mass is 32.1. The van der Waals surface area contributed by atoms with Crippen molar-refractivity contribution >= 4 is 40.5 Å². The molecular formula is C16H23N3O2S. The standard InChI is InChI=1S/C16H23N3O2S/c1-10(2)8-14(20)19-16(22)18-13-7-5-6-12(9-13)17-15(21)11(3)4/h5-7,9-11H,8H2,1-4H3,(H,17,21)(H2,18,19,20,22). The largest absolute Gasteiger partial charge is 0.332 e. The third-order valence-electron chi connectivity index (χ3n) is 2.76. The van der Waals surface area contributed by atoms with E-state index in [1.807, 2.05) is 33.8 Å². The molecule has 1 aromatic rings. The summed E-state index contributed by atoms with van der Waals surface area (Å²) in [6.45, 7) is 7.60. The minimum atomic E-state index is -0.114. The minimum absolute atomic E-state index is 0.0510. The Kier molecular flexibility index (Phi) is 6.98. The van der Waals surface area contributed by atoms with Gasteiger partial charge in [-0.05, 0) is 36.3 Å². The van der Waals surface area contributed by atoms with E-state index in [0.717, 1.165) is 0 Å². The SMILES string of the molecule is CC(C)CC(=O)NC(=S)Nc1cccc(NC(=O)C(C)C)c1. The summed E-state index contributed by atoms with van der Waals surface area (Å²) < 4.78 is 0. The van der Waals surface area contributed by atoms with Crippen molar-refractivity contribution in [2.24, 2.45) is 11.8 Å². The lowest BCUT2D eigenvalue weighted by atomic mass is 10.1. The summed E-state index contributed by atoms with van der Waals surface area (Å²) in [7, 11) is 0. The Morgan fingerprint density at radius 2 is 1.68 bits per heavy atom. The quantitative estimate of drug-likeness (QED) is 0.729. The fraction of sp³-hybridized carbons (Fsp3) is 0.438. The zero-order chi connectivity index (χ0) is 16.7. The van der Waals surface area contributed by atoms with E-state index in [-0.39, 0.29) is 28.8 Å². The number of amides is 2. The highest BCUT2D eigenvalue weighted by Gasteiger charge is 2.09. The number of carbonyl (C=O) groups is 2. The molecule has 0 spiro atoms. The van der Waals surface area contributed by atoms with Gasteiger partial charge < -0.3 is 16.0 Å². The van der Waals surface area contributed by atoms with Gasteiger partial charge in [-0.3, -0.25) is 9.59 Å². The highest BCUT2D eigenvalue weighted by Crippen LogP contribution is 2.16. The lowest BCUT2D eigenvalue weighted by Gasteiger charge is -2.12. The van der Waals surface area contributed by atoms with E-state index < -0.39 is 0 Å². The highest BCUT2D eigenvalue weighted by molar-refractivity contribution is 7.80. The Bertz CT molecular complexity index is 556. The van der Waals surface area contributed by atoms with Gasteiger partial charge in [-0.1, -0.05) is 33.8 Å². The second kappa shape index (κ2) is 8.48. The van der Waals surface area contributed by atoms with Crippen LogP contribution < -0.4 is 16.0 Å². The molecule has 2 amide bonds. The summed E-state index contributed by atoms with van der Waals surface area (Å²) in [5.74, 6) is 0.0205. The first-order valence-corrected chi connectivity index (χ1v) is 7.70. The number of hydrogen-bond acceptors (Lipinski definition) is 3. The third-order valence-corrected chi connectivity index (χ3v) is 2.96. The van der Waals surface area contributed by atoms with Gasteiger partial charge in [-0.15, -0.1) is 0 Å². The molecule has 0 unspecified atom stereocenters. The molecule has 0 saturated carbocycles. The molecule has 0 bridgehead atoms. The first-order chi connectivity index (χ1) is 10.3. The molecule has 0 aliphatic heterocycles. The maximum absolute atomic E-state index is 11.7. The first-order valence-electron chi connectivity index (χ1n) is 7.29. The van der Waals surface area contributed by atoms with Crippen LogP contribution in [0, 0.1) is 11.8 Å². The van der Waals surface area contributed by atoms with Gasteiger partial charge in [0.05, 0.1) is 0 Å². The molecule has 0 atom stereocenters. The average molecular weight is 321 g/mol. The van der Waals surface area contributed by atoms with Gasteiger partial charge in [0.2, 0.25) is 11.8 Å². The van der Waals surface area contributed by atoms with E-state index in [1.54, 1.807) is 18.2 Å². The summed E-state index contributed by atoms with van der Waals surface area (Å²) in [5, 5.41) is 8.63. The molecule has 6 heteroatoms. The summed E-state index contributed by atoms with van der Waals surface area (Å²) in [6.07, 6.45) is 0.423. The van der Waals surface area contributed by atoms with Gasteiger partial charge in [0.15, 0.2) is 5.11 Å². The zero-order valence-corrected chi connectivity index (χ0v) is 14.2. The second-order valence-electron chi connectivity index (χ2n) is 5.83. The topological polar surface area (TPSA) is 70.2 Å². The second-order valence-corrected chi connectivity index (χ2v) is 6.23. The van der Waals surface area contributed by atoms with Crippen LogP contribution in [0.5, 0.6) is 0 Å². The van der Waals surface area contributed by atoms with Crippen LogP contribution in [0.4, 0.5) is 11.4 Å². The van der Waals surface area contributed by atoms with Gasteiger partial charge >= 0.3 is 0 Å². The van der Waals surface area contributed by atoms with Crippen molar-refractivity contribution in [2.45, 2.75) is 34.1 Å². The molecule has 22 heavy (non-hydrogen) atoms. The molecule has 0 saturated heterocycles. The van der Waals surface area contributed by atoms with Crippen molar-refractivity contribution in [2.75, 3.05) is 10.6 Å². The van der Waals surface area contributed by atoms with E-state index in [0.29, 0.717) is 17.8 Å². The van der Waals surface area contributed by atoms with Gasteiger partial charge in [-0.25, -0.2) is 0 Å². The third kappa shape index (κ3) is 6.67. The Morgan fingerprint density at radius 3 is 2.23 bits per heavy atom. The van der Waals surface area contributed by atoms with Gasteiger partial charge in [-0.2, -0.15) is 0 Å². The molecule has 0 heterocycles. The molecule has 0 aliphatic rings. The maximum atomic E-state index is 11.7. The number of benzene rings is 1. The first kappa shape index (κ1) is 18.1. The van der Waals surface area contributed by atoms with Crippen LogP contribution in [0.25, 0.3) is 0 Å². The van der Waals surface area contributed by atoms with E-state index in [2.05, 4.69) is 16.0 Å². The van der Waals surface area contributed by atoms with Crippen LogP contribution in [0.2, 0.25) is 0 Å². The molecule has 1 rings (SSSR count). The molecule has 0 radical (unpaired) electrons. The molecular weight excluding hydrogens is 298 g/mol. The minimum Gasteiger partial charge on any atom is -0.332 e. The normalized spacial score (nSPS) is 10.5. The smallest absolute Gasteiger partial charge is 0.226 e. The Labute approximate surface area is 136 Å². The zero-order valence-electron chi connectivity index (χ0n) is 13.4. The lowest BCUT2D eigenvalue weighted by molar-refractivity contribution is -0.120. The molecule has 0 aromatic heterocycles. The summed E-state index contributed by atoms with van der Waals surface area (Å²) >= 11 is 5.11. The van der Waals surface area contributed by atoms with Crippen LogP contribution in [0.3, 0.4) is 0 Å². The number of anilines is 2. The lowest BCUT2D eigenvalue weighted by Crippen LogP contribution is -2.34. The van der Waals surface area contributed by atoms with E-state index in [1.165, 1.54) is 0 Å². The van der Waals surface area contributed by atoms with Crippen LogP contribution in [0.1, 0.15) is 34.1 Å². The van der Waals surface area contributed by atoms with E-state index >= 15 is 0 Å². The molecule has 3 N–H and O–H groups in total. The predicted octanol–water partition coefficient (Wildman–Crippen LogP) is 3.14. The number of thiocarbonyl (C=S) groups is 1. The predicted molar refractivity (Wildman–Crippen MR) is 93.7 cm³/mol. The van der Waals surface area contributed by atoms with Gasteiger partial charge in [0, 0.05) is 23.7 Å². The number of nitrogens with one attached hydrogen (secondary N) is 3. The molecule has 120 valence electrons. The number of rotatable bonds is 5. The Hall–Kier alpha value is -1.95. The van der Waals surface area contributed by atoms with Crippen molar-refractivity contribution in [1.29, 1.82) is 0 Å². The monoisotopic (exact) mass is 321 g/mol. The van der Waals surface area contributed by atoms with Crippen molar-refractivity contribution in [3.63, 3.8) is 0 Å². The molecule has 5 nitrogen and oxygen atoms in total. The molecule has 1 aromatic carbocycles. The van der Waals surface area contributed by atoms with Crippen molar-refractivity contribution < 1.29 is 9.59 Å². The molecule has 0 aliphatic carbocycles. The summed E-state index contributed by atoms with van der Waals surface area (Å²) in [5.41, 5.74) is 1.39. The maximum Gasteiger partial charge on any atom is 0.226 e. The van der Waals surface area contributed by atoms with Crippen molar-refractivity contribution in [1.82, 2.24) is 5.32 Å². The van der Waals surface area contributed by atoms with Crippen LogP contribution >= 0.6 is 12.2 Å². The Morgan fingerprint density at radius 1 is 1.09 bits per heavy atom. The average Bonchev–Trinajstić information content (AvgIpc) is 2.37. The van der Waals surface area contributed by atoms with Crippen LogP contribution in [-0.2, 0) is 9.59 Å². The fourth-order valence-corrected chi connectivity index (χ4v) is 1.90. The number of carbonyl (C=O) groups excluding carboxylic acids is 2.